The van der Waals surface area contributed by atoms with Crippen LogP contribution >= 0.6 is 13.5 Å². The van der Waals surface area contributed by atoms with Gasteiger partial charge >= 0.3 is 0 Å². The Bertz CT molecular complexity index is 1250. The number of aromatic nitrogens is 3. The number of hydrogen-bond donors (Lipinski definition) is 0. The van der Waals surface area contributed by atoms with Gasteiger partial charge in [0.1, 0.15) is 12.7 Å². The molecule has 2 aliphatic rings. The van der Waals surface area contributed by atoms with E-state index < -0.39 is 10.0 Å². The Labute approximate surface area is 213 Å². The average Bonchev–Trinajstić information content (AvgIpc) is 2.87. The lowest BCUT2D eigenvalue weighted by atomic mass is 10.1. The van der Waals surface area contributed by atoms with E-state index in [0.29, 0.717) is 30.1 Å². The standard InChI is InChI=1S/C24H29N5O4S.H2S/c1-34(30,31)29-13-14-32-20(16-29)17-33-24-23-22(25-9-10-26-23)15-21(27-24)18-5-7-19(8-6-18)28-11-3-2-4-12-28;/h5-10,15,20H,2-4,11-14,16-17H2,1H3;1H2/t20-;/m0./s1. The van der Waals surface area contributed by atoms with Crippen LogP contribution in [0.2, 0.25) is 0 Å². The number of fused-ring (bicyclic) bond motifs is 1. The zero-order chi connectivity index (χ0) is 23.5. The number of anilines is 1. The highest BCUT2D eigenvalue weighted by Crippen LogP contribution is 2.29. The fourth-order valence-corrected chi connectivity index (χ4v) is 5.30. The highest BCUT2D eigenvalue weighted by atomic mass is 32.2. The number of piperidine rings is 1. The first-order valence-electron chi connectivity index (χ1n) is 11.6. The number of ether oxygens (including phenoxy) is 2. The van der Waals surface area contributed by atoms with E-state index in [9.17, 15) is 8.42 Å². The maximum Gasteiger partial charge on any atom is 0.242 e. The molecule has 188 valence electrons. The lowest BCUT2D eigenvalue weighted by molar-refractivity contribution is -0.0252. The van der Waals surface area contributed by atoms with Crippen molar-refractivity contribution in [1.82, 2.24) is 19.3 Å². The molecule has 4 heterocycles. The second-order valence-corrected chi connectivity index (χ2v) is 10.7. The second kappa shape index (κ2) is 11.1. The molecule has 0 N–H and O–H groups in total. The minimum absolute atomic E-state index is 0. The third-order valence-corrected chi connectivity index (χ3v) is 7.55. The second-order valence-electron chi connectivity index (χ2n) is 8.76. The summed E-state index contributed by atoms with van der Waals surface area (Å²) >= 11 is 0. The molecule has 9 nitrogen and oxygen atoms in total. The molecule has 0 unspecified atom stereocenters. The molecule has 2 aromatic heterocycles. The predicted octanol–water partition coefficient (Wildman–Crippen LogP) is 2.83. The molecule has 0 saturated carbocycles. The first kappa shape index (κ1) is 25.6. The first-order chi connectivity index (χ1) is 16.5. The Morgan fingerprint density at radius 1 is 1.06 bits per heavy atom. The van der Waals surface area contributed by atoms with Crippen molar-refractivity contribution < 1.29 is 17.9 Å². The summed E-state index contributed by atoms with van der Waals surface area (Å²) in [5, 5.41) is 0. The van der Waals surface area contributed by atoms with E-state index in [-0.39, 0.29) is 32.8 Å². The lowest BCUT2D eigenvalue weighted by Gasteiger charge is -2.30. The maximum absolute atomic E-state index is 11.9. The van der Waals surface area contributed by atoms with E-state index in [0.717, 1.165) is 24.3 Å². The van der Waals surface area contributed by atoms with E-state index in [1.165, 1.54) is 35.5 Å². The summed E-state index contributed by atoms with van der Waals surface area (Å²) < 4.78 is 37.0. The molecular formula is C24H31N5O4S2. The molecule has 0 amide bonds. The van der Waals surface area contributed by atoms with Gasteiger partial charge in [0.2, 0.25) is 15.9 Å². The van der Waals surface area contributed by atoms with Crippen LogP contribution in [0.3, 0.4) is 0 Å². The molecule has 1 aromatic carbocycles. The van der Waals surface area contributed by atoms with Crippen LogP contribution in [-0.4, -0.2) is 79.4 Å². The molecule has 1 atom stereocenters. The van der Waals surface area contributed by atoms with E-state index in [2.05, 4.69) is 39.1 Å². The van der Waals surface area contributed by atoms with E-state index in [4.69, 9.17) is 14.5 Å². The molecule has 0 spiro atoms. The monoisotopic (exact) mass is 517 g/mol. The molecule has 2 saturated heterocycles. The van der Waals surface area contributed by atoms with Crippen molar-refractivity contribution in [3.05, 3.63) is 42.7 Å². The average molecular weight is 518 g/mol. The number of morpholine rings is 1. The normalized spacial score (nSPS) is 19.3. The van der Waals surface area contributed by atoms with Crippen molar-refractivity contribution in [2.75, 3.05) is 50.5 Å². The van der Waals surface area contributed by atoms with Gasteiger partial charge < -0.3 is 14.4 Å². The molecule has 0 radical (unpaired) electrons. The summed E-state index contributed by atoms with van der Waals surface area (Å²) in [7, 11) is -3.27. The van der Waals surface area contributed by atoms with Gasteiger partial charge in [0.05, 0.1) is 24.1 Å². The van der Waals surface area contributed by atoms with Crippen LogP contribution in [-0.2, 0) is 14.8 Å². The van der Waals surface area contributed by atoms with Crippen LogP contribution in [0.15, 0.2) is 42.7 Å². The van der Waals surface area contributed by atoms with Crippen LogP contribution in [0.1, 0.15) is 19.3 Å². The van der Waals surface area contributed by atoms with Crippen LogP contribution in [0.25, 0.3) is 22.3 Å². The smallest absolute Gasteiger partial charge is 0.242 e. The summed E-state index contributed by atoms with van der Waals surface area (Å²) in [4.78, 5) is 16.0. The molecule has 2 aliphatic heterocycles. The van der Waals surface area contributed by atoms with Crippen LogP contribution in [0, 0.1) is 0 Å². The van der Waals surface area contributed by atoms with Gasteiger partial charge in [-0.3, -0.25) is 4.98 Å². The number of hydrogen-bond acceptors (Lipinski definition) is 8. The molecule has 0 bridgehead atoms. The van der Waals surface area contributed by atoms with Crippen molar-refractivity contribution in [3.63, 3.8) is 0 Å². The summed E-state index contributed by atoms with van der Waals surface area (Å²) in [5.41, 5.74) is 4.19. The minimum Gasteiger partial charge on any atom is -0.473 e. The first-order valence-corrected chi connectivity index (χ1v) is 13.5. The highest BCUT2D eigenvalue weighted by molar-refractivity contribution is 7.88. The van der Waals surface area contributed by atoms with Crippen LogP contribution < -0.4 is 9.64 Å². The molecule has 2 fully saturated rings. The van der Waals surface area contributed by atoms with Gasteiger partial charge in [0.25, 0.3) is 0 Å². The Morgan fingerprint density at radius 2 is 1.80 bits per heavy atom. The topological polar surface area (TPSA) is 97.8 Å². The minimum atomic E-state index is -3.27. The zero-order valence-corrected chi connectivity index (χ0v) is 21.6. The Morgan fingerprint density at radius 3 is 2.54 bits per heavy atom. The Kier molecular flexibility index (Phi) is 8.10. The summed E-state index contributed by atoms with van der Waals surface area (Å²) in [6.45, 7) is 3.30. The number of pyridine rings is 1. The maximum atomic E-state index is 11.9. The molecule has 11 heteroatoms. The quantitative estimate of drug-likeness (QED) is 0.492. The molecule has 5 rings (SSSR count). The molecule has 35 heavy (non-hydrogen) atoms. The summed E-state index contributed by atoms with van der Waals surface area (Å²) in [6.07, 6.45) is 7.85. The van der Waals surface area contributed by atoms with Crippen LogP contribution in [0.5, 0.6) is 5.88 Å². The van der Waals surface area contributed by atoms with Gasteiger partial charge in [0, 0.05) is 49.8 Å². The highest BCUT2D eigenvalue weighted by Gasteiger charge is 2.27. The van der Waals surface area contributed by atoms with Gasteiger partial charge in [-0.2, -0.15) is 17.8 Å². The Hall–Kier alpha value is -2.47. The third-order valence-electron chi connectivity index (χ3n) is 6.29. The van der Waals surface area contributed by atoms with Gasteiger partial charge in [-0.1, -0.05) is 12.1 Å². The van der Waals surface area contributed by atoms with Gasteiger partial charge in [-0.25, -0.2) is 18.4 Å². The van der Waals surface area contributed by atoms with Gasteiger partial charge in [-0.05, 0) is 37.5 Å². The summed E-state index contributed by atoms with van der Waals surface area (Å²) in [6, 6.07) is 10.3. The fraction of sp³-hybridized carbons (Fsp3) is 0.458. The van der Waals surface area contributed by atoms with Crippen molar-refractivity contribution in [1.29, 1.82) is 0 Å². The largest absolute Gasteiger partial charge is 0.473 e. The third kappa shape index (κ3) is 6.03. The number of rotatable bonds is 6. The SMILES string of the molecule is CS(=O)(=O)N1CCO[C@H](COc2nc(-c3ccc(N4CCCCC4)cc3)cc3nccnc23)C1.S. The zero-order valence-electron chi connectivity index (χ0n) is 19.8. The molecule has 0 aliphatic carbocycles. The summed E-state index contributed by atoms with van der Waals surface area (Å²) in [5.74, 6) is 0.362. The van der Waals surface area contributed by atoms with Gasteiger partial charge in [-0.15, -0.1) is 0 Å². The van der Waals surface area contributed by atoms with E-state index in [1.807, 2.05) is 6.07 Å². The van der Waals surface area contributed by atoms with Crippen LogP contribution in [0.4, 0.5) is 5.69 Å². The van der Waals surface area contributed by atoms with Crippen molar-refractivity contribution >= 4 is 40.2 Å². The lowest BCUT2D eigenvalue weighted by Crippen LogP contribution is -2.47. The number of sulfonamides is 1. The fourth-order valence-electron chi connectivity index (χ4n) is 4.45. The number of nitrogens with zero attached hydrogens (tertiary/aromatic N) is 5. The number of benzene rings is 1. The predicted molar refractivity (Wildman–Crippen MR) is 141 cm³/mol. The van der Waals surface area contributed by atoms with E-state index >= 15 is 0 Å². The van der Waals surface area contributed by atoms with Gasteiger partial charge in [0.15, 0.2) is 5.52 Å². The van der Waals surface area contributed by atoms with Crippen molar-refractivity contribution in [2.45, 2.75) is 25.4 Å². The Balaban J connectivity index is 0.00000289. The van der Waals surface area contributed by atoms with Crippen molar-refractivity contribution in [2.24, 2.45) is 0 Å². The van der Waals surface area contributed by atoms with Crippen molar-refractivity contribution in [3.8, 4) is 17.1 Å². The molecular weight excluding hydrogens is 486 g/mol. The molecule has 3 aromatic rings. The van der Waals surface area contributed by atoms with E-state index in [1.54, 1.807) is 12.4 Å².